The molecule has 7 nitrogen and oxygen atoms in total. The zero-order chi connectivity index (χ0) is 22.9. The molecule has 0 aliphatic rings. The van der Waals surface area contributed by atoms with Gasteiger partial charge in [0.05, 0.1) is 24.5 Å². The normalized spacial score (nSPS) is 10.4. The van der Waals surface area contributed by atoms with E-state index in [0.29, 0.717) is 33.7 Å². The number of amides is 2. The van der Waals surface area contributed by atoms with Crippen molar-refractivity contribution >= 4 is 63.3 Å². The number of aromatic nitrogens is 1. The third-order valence-electron chi connectivity index (χ3n) is 3.98. The van der Waals surface area contributed by atoms with Crippen molar-refractivity contribution < 1.29 is 19.1 Å². The van der Waals surface area contributed by atoms with Crippen LogP contribution in [0, 0.1) is 0 Å². The van der Waals surface area contributed by atoms with Crippen molar-refractivity contribution in [3.8, 4) is 0 Å². The predicted molar refractivity (Wildman–Crippen MR) is 128 cm³/mol. The van der Waals surface area contributed by atoms with E-state index in [-0.39, 0.29) is 30.0 Å². The molecule has 0 atom stereocenters. The second kappa shape index (κ2) is 11.7. The largest absolute Gasteiger partial charge is 0.466 e. The fraction of sp³-hybridized carbons (Fsp3) is 0.182. The van der Waals surface area contributed by atoms with E-state index in [0.717, 1.165) is 4.90 Å². The van der Waals surface area contributed by atoms with Gasteiger partial charge in [0, 0.05) is 26.5 Å². The van der Waals surface area contributed by atoms with Gasteiger partial charge in [0.15, 0.2) is 5.13 Å². The summed E-state index contributed by atoms with van der Waals surface area (Å²) in [5.74, 6) is -0.679. The van der Waals surface area contributed by atoms with Crippen LogP contribution in [-0.4, -0.2) is 35.1 Å². The number of carbonyl (C=O) groups is 3. The second-order valence-electron chi connectivity index (χ2n) is 6.45. The number of nitrogens with one attached hydrogen (secondary N) is 2. The Labute approximate surface area is 198 Å². The maximum absolute atomic E-state index is 12.4. The molecule has 0 bridgehead atoms. The van der Waals surface area contributed by atoms with Gasteiger partial charge in [-0.3, -0.25) is 14.4 Å². The molecule has 0 aliphatic carbocycles. The SMILES string of the molecule is CCOC(=O)Cc1csc(NC(=O)CSc2cccc(NC(=O)c3cccc(Cl)c3)c2)n1. The number of thiazole rings is 1. The summed E-state index contributed by atoms with van der Waals surface area (Å²) in [6.45, 7) is 2.06. The topological polar surface area (TPSA) is 97.4 Å². The van der Waals surface area contributed by atoms with Crippen LogP contribution in [-0.2, 0) is 20.7 Å². The summed E-state index contributed by atoms with van der Waals surface area (Å²) >= 11 is 8.52. The number of anilines is 2. The van der Waals surface area contributed by atoms with Crippen LogP contribution in [0.5, 0.6) is 0 Å². The summed E-state index contributed by atoms with van der Waals surface area (Å²) in [5.41, 5.74) is 1.63. The minimum atomic E-state index is -0.353. The van der Waals surface area contributed by atoms with E-state index in [1.165, 1.54) is 23.1 Å². The quantitative estimate of drug-likeness (QED) is 0.328. The molecule has 3 rings (SSSR count). The highest BCUT2D eigenvalue weighted by molar-refractivity contribution is 8.00. The van der Waals surface area contributed by atoms with Crippen LogP contribution >= 0.6 is 34.7 Å². The van der Waals surface area contributed by atoms with Crippen LogP contribution in [0.25, 0.3) is 0 Å². The highest BCUT2D eigenvalue weighted by Crippen LogP contribution is 2.23. The van der Waals surface area contributed by atoms with Crippen molar-refractivity contribution in [2.45, 2.75) is 18.2 Å². The van der Waals surface area contributed by atoms with E-state index < -0.39 is 0 Å². The summed E-state index contributed by atoms with van der Waals surface area (Å²) in [4.78, 5) is 41.2. The Bertz CT molecular complexity index is 1120. The van der Waals surface area contributed by atoms with Crippen LogP contribution < -0.4 is 10.6 Å². The number of esters is 1. The van der Waals surface area contributed by atoms with Crippen LogP contribution in [0.1, 0.15) is 23.0 Å². The fourth-order valence-corrected chi connectivity index (χ4v) is 4.28. The average Bonchev–Trinajstić information content (AvgIpc) is 3.19. The lowest BCUT2D eigenvalue weighted by Gasteiger charge is -2.08. The predicted octanol–water partition coefficient (Wildman–Crippen LogP) is 4.89. The number of rotatable bonds is 9. The number of benzene rings is 2. The molecule has 166 valence electrons. The van der Waals surface area contributed by atoms with Gasteiger partial charge >= 0.3 is 5.97 Å². The number of carbonyl (C=O) groups excluding carboxylic acids is 3. The van der Waals surface area contributed by atoms with Gasteiger partial charge in [0.1, 0.15) is 0 Å². The number of halogens is 1. The van der Waals surface area contributed by atoms with Crippen LogP contribution in [0.2, 0.25) is 5.02 Å². The first kappa shape index (κ1) is 23.8. The van der Waals surface area contributed by atoms with Gasteiger partial charge in [-0.2, -0.15) is 0 Å². The molecule has 0 radical (unpaired) electrons. The molecule has 10 heteroatoms. The number of nitrogens with zero attached hydrogens (tertiary/aromatic N) is 1. The maximum Gasteiger partial charge on any atom is 0.311 e. The van der Waals surface area contributed by atoms with E-state index in [9.17, 15) is 14.4 Å². The van der Waals surface area contributed by atoms with E-state index in [1.807, 2.05) is 6.07 Å². The molecule has 0 unspecified atom stereocenters. The highest BCUT2D eigenvalue weighted by atomic mass is 35.5. The molecule has 2 N–H and O–H groups in total. The van der Waals surface area contributed by atoms with Gasteiger partial charge in [0.25, 0.3) is 5.91 Å². The molecule has 32 heavy (non-hydrogen) atoms. The van der Waals surface area contributed by atoms with Gasteiger partial charge in [-0.05, 0) is 43.3 Å². The Kier molecular flexibility index (Phi) is 8.66. The molecule has 1 heterocycles. The molecule has 3 aromatic rings. The van der Waals surface area contributed by atoms with E-state index in [1.54, 1.807) is 54.8 Å². The molecule has 0 aliphatic heterocycles. The molecule has 1 aromatic heterocycles. The standard InChI is InChI=1S/C22H20ClN3O4S2/c1-2-30-20(28)11-17-12-32-22(25-17)26-19(27)13-31-18-8-4-7-16(10-18)24-21(29)14-5-3-6-15(23)9-14/h3-10,12H,2,11,13H2,1H3,(H,24,29)(H,25,26,27). The summed E-state index contributed by atoms with van der Waals surface area (Å²) in [5, 5.41) is 8.18. The van der Waals surface area contributed by atoms with Crippen LogP contribution in [0.4, 0.5) is 10.8 Å². The third-order valence-corrected chi connectivity index (χ3v) is 6.01. The summed E-state index contributed by atoms with van der Waals surface area (Å²) in [7, 11) is 0. The monoisotopic (exact) mass is 489 g/mol. The first-order valence-electron chi connectivity index (χ1n) is 9.62. The molecular weight excluding hydrogens is 470 g/mol. The van der Waals surface area contributed by atoms with Gasteiger partial charge in [-0.1, -0.05) is 23.7 Å². The molecule has 0 saturated heterocycles. The second-order valence-corrected chi connectivity index (χ2v) is 8.80. The Hall–Kier alpha value is -2.88. The smallest absolute Gasteiger partial charge is 0.311 e. The molecule has 0 spiro atoms. The van der Waals surface area contributed by atoms with Crippen molar-refractivity contribution in [1.29, 1.82) is 0 Å². The molecule has 2 aromatic carbocycles. The van der Waals surface area contributed by atoms with Crippen LogP contribution in [0.3, 0.4) is 0 Å². The average molecular weight is 490 g/mol. The number of hydrogen-bond donors (Lipinski definition) is 2. The Morgan fingerprint density at radius 1 is 1.12 bits per heavy atom. The fourth-order valence-electron chi connectivity index (χ4n) is 2.61. The Balaban J connectivity index is 1.50. The van der Waals surface area contributed by atoms with E-state index in [2.05, 4.69) is 15.6 Å². The lowest BCUT2D eigenvalue weighted by atomic mass is 10.2. The molecule has 0 saturated carbocycles. The third kappa shape index (κ3) is 7.37. The maximum atomic E-state index is 12.4. The number of thioether (sulfide) groups is 1. The van der Waals surface area contributed by atoms with Gasteiger partial charge < -0.3 is 15.4 Å². The first-order valence-corrected chi connectivity index (χ1v) is 11.9. The minimum absolute atomic E-state index is 0.0721. The number of ether oxygens (including phenoxy) is 1. The summed E-state index contributed by atoms with van der Waals surface area (Å²) in [6.07, 6.45) is 0.0721. The van der Waals surface area contributed by atoms with Crippen molar-refractivity contribution in [2.24, 2.45) is 0 Å². The number of hydrogen-bond acceptors (Lipinski definition) is 7. The summed E-state index contributed by atoms with van der Waals surface area (Å²) < 4.78 is 4.89. The molecule has 2 amide bonds. The summed E-state index contributed by atoms with van der Waals surface area (Å²) in [6, 6.07) is 13.9. The van der Waals surface area contributed by atoms with Gasteiger partial charge in [-0.15, -0.1) is 23.1 Å². The first-order chi connectivity index (χ1) is 15.4. The molecule has 0 fully saturated rings. The zero-order valence-electron chi connectivity index (χ0n) is 17.1. The Morgan fingerprint density at radius 3 is 2.72 bits per heavy atom. The van der Waals surface area contributed by atoms with E-state index >= 15 is 0 Å². The van der Waals surface area contributed by atoms with Crippen molar-refractivity contribution in [2.75, 3.05) is 23.0 Å². The minimum Gasteiger partial charge on any atom is -0.466 e. The zero-order valence-corrected chi connectivity index (χ0v) is 19.5. The molecular formula is C22H20ClN3O4S2. The lowest BCUT2D eigenvalue weighted by molar-refractivity contribution is -0.142. The van der Waals surface area contributed by atoms with Gasteiger partial charge in [-0.25, -0.2) is 4.98 Å². The van der Waals surface area contributed by atoms with Crippen LogP contribution in [0.15, 0.2) is 58.8 Å². The lowest BCUT2D eigenvalue weighted by Crippen LogP contribution is -2.14. The highest BCUT2D eigenvalue weighted by Gasteiger charge is 2.11. The van der Waals surface area contributed by atoms with E-state index in [4.69, 9.17) is 16.3 Å². The Morgan fingerprint density at radius 2 is 1.94 bits per heavy atom. The van der Waals surface area contributed by atoms with Gasteiger partial charge in [0.2, 0.25) is 5.91 Å². The van der Waals surface area contributed by atoms with Crippen molar-refractivity contribution in [3.63, 3.8) is 0 Å². The van der Waals surface area contributed by atoms with Crippen molar-refractivity contribution in [1.82, 2.24) is 4.98 Å². The van der Waals surface area contributed by atoms with Crippen molar-refractivity contribution in [3.05, 3.63) is 70.2 Å².